The zero-order valence-electron chi connectivity index (χ0n) is 8.99. The zero-order chi connectivity index (χ0) is 11.3. The first-order valence-corrected chi connectivity index (χ1v) is 4.78. The Hall–Kier alpha value is -1.39. The lowest BCUT2D eigenvalue weighted by Crippen LogP contribution is -2.32. The van der Waals surface area contributed by atoms with Gasteiger partial charge in [0.05, 0.1) is 12.6 Å². The van der Waals surface area contributed by atoms with E-state index in [1.807, 2.05) is 24.3 Å². The van der Waals surface area contributed by atoms with Gasteiger partial charge < -0.3 is 15.8 Å². The molecular weight excluding hydrogens is 192 g/mol. The van der Waals surface area contributed by atoms with Gasteiger partial charge in [-0.25, -0.2) is 0 Å². The molecule has 1 atom stereocenters. The molecule has 1 aromatic rings. The molecule has 0 aliphatic rings. The van der Waals surface area contributed by atoms with Gasteiger partial charge in [0.15, 0.2) is 0 Å². The number of nitrogens with one attached hydrogen (secondary N) is 1. The molecule has 1 amide bonds. The molecule has 0 saturated heterocycles. The molecule has 4 heteroatoms. The van der Waals surface area contributed by atoms with Gasteiger partial charge >= 0.3 is 0 Å². The summed E-state index contributed by atoms with van der Waals surface area (Å²) in [6.07, 6.45) is 0. The number of para-hydroxylation sites is 1. The number of nitrogens with two attached hydrogens (primary N) is 1. The molecule has 0 fully saturated rings. The van der Waals surface area contributed by atoms with Gasteiger partial charge in [0, 0.05) is 18.4 Å². The minimum Gasteiger partial charge on any atom is -0.380 e. The molecule has 0 radical (unpaired) electrons. The number of hydrogen-bond donors (Lipinski definition) is 2. The highest BCUT2D eigenvalue weighted by Gasteiger charge is 2.09. The quantitative estimate of drug-likeness (QED) is 0.779. The number of anilines is 1. The minimum atomic E-state index is -0.513. The molecule has 0 aromatic heterocycles. The Labute approximate surface area is 89.4 Å². The van der Waals surface area contributed by atoms with Crippen molar-refractivity contribution in [2.24, 2.45) is 5.73 Å². The van der Waals surface area contributed by atoms with Crippen LogP contribution in [0.15, 0.2) is 24.3 Å². The van der Waals surface area contributed by atoms with Crippen molar-refractivity contribution >= 4 is 11.6 Å². The van der Waals surface area contributed by atoms with E-state index >= 15 is 0 Å². The van der Waals surface area contributed by atoms with E-state index in [-0.39, 0.29) is 5.91 Å². The van der Waals surface area contributed by atoms with Gasteiger partial charge in [-0.05, 0) is 13.0 Å². The van der Waals surface area contributed by atoms with Gasteiger partial charge in [0.1, 0.15) is 0 Å². The molecule has 1 unspecified atom stereocenters. The monoisotopic (exact) mass is 208 g/mol. The van der Waals surface area contributed by atoms with Crippen molar-refractivity contribution in [2.45, 2.75) is 19.6 Å². The second-order valence-electron chi connectivity index (χ2n) is 3.37. The first-order valence-electron chi connectivity index (χ1n) is 4.78. The van der Waals surface area contributed by atoms with Crippen LogP contribution in [0.2, 0.25) is 0 Å². The van der Waals surface area contributed by atoms with Crippen LogP contribution in [-0.2, 0) is 16.1 Å². The van der Waals surface area contributed by atoms with Crippen molar-refractivity contribution in [1.29, 1.82) is 0 Å². The Morgan fingerprint density at radius 1 is 1.53 bits per heavy atom. The average molecular weight is 208 g/mol. The van der Waals surface area contributed by atoms with Crippen LogP contribution in [0.3, 0.4) is 0 Å². The standard InChI is InChI=1S/C11H16N2O2/c1-8(12)11(14)13-10-6-4-3-5-9(10)7-15-2/h3-6,8H,7,12H2,1-2H3,(H,13,14). The fourth-order valence-corrected chi connectivity index (χ4v) is 1.17. The summed E-state index contributed by atoms with van der Waals surface area (Å²) < 4.78 is 5.03. The topological polar surface area (TPSA) is 64.3 Å². The van der Waals surface area contributed by atoms with Crippen molar-refractivity contribution < 1.29 is 9.53 Å². The summed E-state index contributed by atoms with van der Waals surface area (Å²) in [7, 11) is 1.62. The van der Waals surface area contributed by atoms with E-state index in [0.717, 1.165) is 11.3 Å². The maximum Gasteiger partial charge on any atom is 0.241 e. The molecule has 82 valence electrons. The Bertz CT molecular complexity index is 337. The van der Waals surface area contributed by atoms with Gasteiger partial charge in [0.2, 0.25) is 5.91 Å². The Kier molecular flexibility index (Phi) is 4.27. The van der Waals surface area contributed by atoms with Crippen molar-refractivity contribution in [1.82, 2.24) is 0 Å². The molecule has 0 saturated carbocycles. The molecule has 15 heavy (non-hydrogen) atoms. The Morgan fingerprint density at radius 3 is 2.80 bits per heavy atom. The van der Waals surface area contributed by atoms with E-state index in [9.17, 15) is 4.79 Å². The maximum atomic E-state index is 11.4. The highest BCUT2D eigenvalue weighted by Crippen LogP contribution is 2.15. The first kappa shape index (κ1) is 11.7. The zero-order valence-corrected chi connectivity index (χ0v) is 8.99. The summed E-state index contributed by atoms with van der Waals surface area (Å²) >= 11 is 0. The number of benzene rings is 1. The third kappa shape index (κ3) is 3.34. The minimum absolute atomic E-state index is 0.196. The largest absolute Gasteiger partial charge is 0.380 e. The number of carbonyl (C=O) groups is 1. The highest BCUT2D eigenvalue weighted by atomic mass is 16.5. The number of hydrogen-bond acceptors (Lipinski definition) is 3. The Balaban J connectivity index is 2.79. The lowest BCUT2D eigenvalue weighted by Gasteiger charge is -2.11. The summed E-state index contributed by atoms with van der Waals surface area (Å²) in [4.78, 5) is 11.4. The van der Waals surface area contributed by atoms with Crippen LogP contribution in [0.5, 0.6) is 0 Å². The molecule has 0 aliphatic carbocycles. The van der Waals surface area contributed by atoms with Crippen molar-refractivity contribution in [3.05, 3.63) is 29.8 Å². The van der Waals surface area contributed by atoms with Crippen LogP contribution in [0.4, 0.5) is 5.69 Å². The van der Waals surface area contributed by atoms with Gasteiger partial charge in [0.25, 0.3) is 0 Å². The van der Waals surface area contributed by atoms with Gasteiger partial charge in [-0.1, -0.05) is 18.2 Å². The average Bonchev–Trinajstić information content (AvgIpc) is 2.21. The number of methoxy groups -OCH3 is 1. The molecule has 0 heterocycles. The molecule has 0 bridgehead atoms. The smallest absolute Gasteiger partial charge is 0.241 e. The molecule has 0 spiro atoms. The number of carbonyl (C=O) groups excluding carboxylic acids is 1. The Morgan fingerprint density at radius 2 is 2.20 bits per heavy atom. The second kappa shape index (κ2) is 5.48. The van der Waals surface area contributed by atoms with Crippen LogP contribution < -0.4 is 11.1 Å². The number of rotatable bonds is 4. The summed E-state index contributed by atoms with van der Waals surface area (Å²) in [6, 6.07) is 6.97. The van der Waals surface area contributed by atoms with Gasteiger partial charge in [-0.3, -0.25) is 4.79 Å². The fraction of sp³-hybridized carbons (Fsp3) is 0.364. The SMILES string of the molecule is COCc1ccccc1NC(=O)C(C)N. The van der Waals surface area contributed by atoms with Crippen molar-refractivity contribution in [3.63, 3.8) is 0 Å². The summed E-state index contributed by atoms with van der Waals surface area (Å²) in [5.41, 5.74) is 7.15. The van der Waals surface area contributed by atoms with E-state index in [4.69, 9.17) is 10.5 Å². The molecule has 1 aromatic carbocycles. The van der Waals surface area contributed by atoms with Crippen LogP contribution in [0.1, 0.15) is 12.5 Å². The van der Waals surface area contributed by atoms with Gasteiger partial charge in [-0.15, -0.1) is 0 Å². The normalized spacial score (nSPS) is 12.2. The predicted octanol–water partition coefficient (Wildman–Crippen LogP) is 1.12. The highest BCUT2D eigenvalue weighted by molar-refractivity contribution is 5.94. The van der Waals surface area contributed by atoms with E-state index < -0.39 is 6.04 Å². The van der Waals surface area contributed by atoms with Crippen LogP contribution in [0, 0.1) is 0 Å². The summed E-state index contributed by atoms with van der Waals surface area (Å²) in [5, 5.41) is 2.75. The fourth-order valence-electron chi connectivity index (χ4n) is 1.17. The molecule has 4 nitrogen and oxygen atoms in total. The second-order valence-corrected chi connectivity index (χ2v) is 3.37. The van der Waals surface area contributed by atoms with E-state index in [0.29, 0.717) is 6.61 Å². The summed E-state index contributed by atoms with van der Waals surface area (Å²) in [5.74, 6) is -0.196. The first-order chi connectivity index (χ1) is 7.15. The van der Waals surface area contributed by atoms with Crippen LogP contribution in [0.25, 0.3) is 0 Å². The summed E-state index contributed by atoms with van der Waals surface area (Å²) in [6.45, 7) is 2.11. The number of ether oxygens (including phenoxy) is 1. The van der Waals surface area contributed by atoms with E-state index in [1.54, 1.807) is 14.0 Å². The lowest BCUT2D eigenvalue weighted by atomic mass is 10.2. The molecule has 0 aliphatic heterocycles. The maximum absolute atomic E-state index is 11.4. The van der Waals surface area contributed by atoms with E-state index in [2.05, 4.69) is 5.32 Å². The predicted molar refractivity (Wildman–Crippen MR) is 59.4 cm³/mol. The third-order valence-electron chi connectivity index (χ3n) is 1.99. The number of amides is 1. The van der Waals surface area contributed by atoms with Crippen molar-refractivity contribution in [3.8, 4) is 0 Å². The molecule has 1 rings (SSSR count). The van der Waals surface area contributed by atoms with Gasteiger partial charge in [-0.2, -0.15) is 0 Å². The molecular formula is C11H16N2O2. The lowest BCUT2D eigenvalue weighted by molar-refractivity contribution is -0.117. The van der Waals surface area contributed by atoms with Crippen LogP contribution >= 0.6 is 0 Å². The molecule has 3 N–H and O–H groups in total. The van der Waals surface area contributed by atoms with Crippen molar-refractivity contribution in [2.75, 3.05) is 12.4 Å². The van der Waals surface area contributed by atoms with E-state index in [1.165, 1.54) is 0 Å². The van der Waals surface area contributed by atoms with Crippen LogP contribution in [-0.4, -0.2) is 19.1 Å². The third-order valence-corrected chi connectivity index (χ3v) is 1.99.